The van der Waals surface area contributed by atoms with E-state index < -0.39 is 0 Å². The van der Waals surface area contributed by atoms with E-state index in [2.05, 4.69) is 20.5 Å². The minimum absolute atomic E-state index is 0.106. The monoisotopic (exact) mass is 455 g/mol. The minimum atomic E-state index is -0.389. The first-order valence-electron chi connectivity index (χ1n) is 10.2. The Balaban J connectivity index is 1.39. The van der Waals surface area contributed by atoms with Crippen LogP contribution in [0.25, 0.3) is 28.0 Å². The number of para-hydroxylation sites is 2. The summed E-state index contributed by atoms with van der Waals surface area (Å²) in [5.41, 5.74) is 2.60. The molecular formula is C25H18FN5OS. The van der Waals surface area contributed by atoms with Crippen LogP contribution in [0.2, 0.25) is 0 Å². The molecule has 0 saturated heterocycles. The normalized spacial score (nSPS) is 10.9. The van der Waals surface area contributed by atoms with Gasteiger partial charge in [0.2, 0.25) is 5.91 Å². The number of pyridine rings is 1. The summed E-state index contributed by atoms with van der Waals surface area (Å²) in [4.78, 5) is 17.0. The third kappa shape index (κ3) is 4.47. The first kappa shape index (κ1) is 20.8. The number of halogens is 1. The molecule has 5 aromatic rings. The van der Waals surface area contributed by atoms with Crippen molar-refractivity contribution in [1.29, 1.82) is 0 Å². The number of nitrogens with one attached hydrogen (secondary N) is 1. The number of nitrogens with zero attached hydrogens (tertiary/aromatic N) is 4. The quantitative estimate of drug-likeness (QED) is 0.349. The summed E-state index contributed by atoms with van der Waals surface area (Å²) in [6.45, 7) is 0. The Morgan fingerprint density at radius 2 is 1.70 bits per heavy atom. The lowest BCUT2D eigenvalue weighted by atomic mass is 10.2. The van der Waals surface area contributed by atoms with Crippen LogP contribution in [-0.4, -0.2) is 31.4 Å². The van der Waals surface area contributed by atoms with Crippen molar-refractivity contribution in [3.8, 4) is 17.1 Å². The van der Waals surface area contributed by atoms with Crippen LogP contribution in [0, 0.1) is 5.82 Å². The van der Waals surface area contributed by atoms with Gasteiger partial charge in [0.05, 0.1) is 28.7 Å². The second-order valence-corrected chi connectivity index (χ2v) is 8.15. The van der Waals surface area contributed by atoms with E-state index in [0.717, 1.165) is 16.6 Å². The van der Waals surface area contributed by atoms with Crippen molar-refractivity contribution in [3.05, 3.63) is 96.9 Å². The second kappa shape index (κ2) is 9.22. The van der Waals surface area contributed by atoms with Gasteiger partial charge in [-0.3, -0.25) is 14.3 Å². The maximum Gasteiger partial charge on any atom is 0.234 e. The lowest BCUT2D eigenvalue weighted by Gasteiger charge is -2.11. The van der Waals surface area contributed by atoms with Gasteiger partial charge in [0.25, 0.3) is 0 Å². The number of amides is 1. The van der Waals surface area contributed by atoms with Crippen molar-refractivity contribution in [2.45, 2.75) is 5.16 Å². The highest BCUT2D eigenvalue weighted by Crippen LogP contribution is 2.29. The maximum atomic E-state index is 14.5. The van der Waals surface area contributed by atoms with E-state index in [-0.39, 0.29) is 17.5 Å². The van der Waals surface area contributed by atoms with E-state index in [1.54, 1.807) is 29.0 Å². The highest BCUT2D eigenvalue weighted by atomic mass is 32.2. The van der Waals surface area contributed by atoms with Crippen LogP contribution in [0.1, 0.15) is 0 Å². The van der Waals surface area contributed by atoms with Gasteiger partial charge in [0.1, 0.15) is 5.82 Å². The van der Waals surface area contributed by atoms with Gasteiger partial charge in [-0.25, -0.2) is 4.39 Å². The second-order valence-electron chi connectivity index (χ2n) is 7.21. The fourth-order valence-corrected chi connectivity index (χ4v) is 4.21. The van der Waals surface area contributed by atoms with Gasteiger partial charge < -0.3 is 5.32 Å². The highest BCUT2D eigenvalue weighted by molar-refractivity contribution is 7.99. The molecule has 8 heteroatoms. The van der Waals surface area contributed by atoms with Gasteiger partial charge in [-0.15, -0.1) is 10.2 Å². The van der Waals surface area contributed by atoms with Gasteiger partial charge in [-0.2, -0.15) is 0 Å². The third-order valence-electron chi connectivity index (χ3n) is 4.97. The van der Waals surface area contributed by atoms with Crippen LogP contribution in [0.15, 0.2) is 96.3 Å². The Bertz CT molecular complexity index is 1440. The number of benzene rings is 3. The molecule has 5 rings (SSSR count). The largest absolute Gasteiger partial charge is 0.324 e. The number of rotatable bonds is 6. The smallest absolute Gasteiger partial charge is 0.234 e. The van der Waals surface area contributed by atoms with Crippen LogP contribution in [0.3, 0.4) is 0 Å². The number of hydrogen-bond donors (Lipinski definition) is 1. The Labute approximate surface area is 193 Å². The van der Waals surface area contributed by atoms with Crippen molar-refractivity contribution >= 4 is 34.3 Å². The molecule has 1 N–H and O–H groups in total. The van der Waals surface area contributed by atoms with Crippen molar-refractivity contribution < 1.29 is 9.18 Å². The van der Waals surface area contributed by atoms with Gasteiger partial charge in [0.15, 0.2) is 11.0 Å². The topological polar surface area (TPSA) is 72.7 Å². The standard InChI is InChI=1S/C25H18FN5OS/c26-21-12-6-5-11-20(21)24-29-30-25(31(24)19-9-2-1-3-10-19)33-16-23(32)28-18-14-17-8-4-7-13-22(17)27-15-18/h1-15H,16H2,(H,28,32). The average molecular weight is 456 g/mol. The van der Waals surface area contributed by atoms with Crippen LogP contribution in [-0.2, 0) is 4.79 Å². The molecule has 2 aromatic heterocycles. The van der Waals surface area contributed by atoms with Crippen LogP contribution < -0.4 is 5.32 Å². The summed E-state index contributed by atoms with van der Waals surface area (Å²) in [5.74, 6) is -0.108. The predicted octanol–water partition coefficient (Wildman–Crippen LogP) is 5.35. The molecule has 3 aromatic carbocycles. The molecule has 0 aliphatic heterocycles. The predicted molar refractivity (Wildman–Crippen MR) is 128 cm³/mol. The molecule has 0 saturated carbocycles. The van der Waals surface area contributed by atoms with Crippen LogP contribution >= 0.6 is 11.8 Å². The first-order chi connectivity index (χ1) is 16.2. The van der Waals surface area contributed by atoms with E-state index in [0.29, 0.717) is 22.2 Å². The van der Waals surface area contributed by atoms with E-state index in [4.69, 9.17) is 0 Å². The van der Waals surface area contributed by atoms with Gasteiger partial charge in [-0.1, -0.05) is 60.3 Å². The molecule has 0 fully saturated rings. The summed E-state index contributed by atoms with van der Waals surface area (Å²) in [7, 11) is 0. The molecule has 0 unspecified atom stereocenters. The third-order valence-corrected chi connectivity index (χ3v) is 5.90. The summed E-state index contributed by atoms with van der Waals surface area (Å²) < 4.78 is 16.2. The Morgan fingerprint density at radius 1 is 0.939 bits per heavy atom. The first-order valence-corrected chi connectivity index (χ1v) is 11.2. The number of aromatic nitrogens is 4. The Hall–Kier alpha value is -4.04. The van der Waals surface area contributed by atoms with E-state index in [1.807, 2.05) is 60.7 Å². The van der Waals surface area contributed by atoms with Crippen molar-refractivity contribution in [1.82, 2.24) is 19.7 Å². The fraction of sp³-hybridized carbons (Fsp3) is 0.0400. The lowest BCUT2D eigenvalue weighted by molar-refractivity contribution is -0.113. The highest BCUT2D eigenvalue weighted by Gasteiger charge is 2.19. The molecule has 0 bridgehead atoms. The number of carbonyl (C=O) groups is 1. The SMILES string of the molecule is O=C(CSc1nnc(-c2ccccc2F)n1-c1ccccc1)Nc1cnc2ccccc2c1. The van der Waals surface area contributed by atoms with Gasteiger partial charge in [0, 0.05) is 11.1 Å². The van der Waals surface area contributed by atoms with Gasteiger partial charge >= 0.3 is 0 Å². The average Bonchev–Trinajstić information content (AvgIpc) is 3.27. The summed E-state index contributed by atoms with van der Waals surface area (Å²) in [5, 5.41) is 12.8. The summed E-state index contributed by atoms with van der Waals surface area (Å²) in [6.07, 6.45) is 1.63. The molecule has 0 spiro atoms. The number of hydrogen-bond acceptors (Lipinski definition) is 5. The number of thioether (sulfide) groups is 1. The lowest BCUT2D eigenvalue weighted by Crippen LogP contribution is -2.14. The molecule has 0 radical (unpaired) electrons. The van der Waals surface area contributed by atoms with Crippen LogP contribution in [0.4, 0.5) is 10.1 Å². The van der Waals surface area contributed by atoms with Crippen molar-refractivity contribution in [3.63, 3.8) is 0 Å². The molecule has 0 aliphatic rings. The zero-order valence-corrected chi connectivity index (χ0v) is 18.2. The molecule has 2 heterocycles. The van der Waals surface area contributed by atoms with Crippen molar-refractivity contribution in [2.75, 3.05) is 11.1 Å². The van der Waals surface area contributed by atoms with Crippen LogP contribution in [0.5, 0.6) is 0 Å². The minimum Gasteiger partial charge on any atom is -0.324 e. The van der Waals surface area contributed by atoms with E-state index >= 15 is 0 Å². The van der Waals surface area contributed by atoms with E-state index in [9.17, 15) is 9.18 Å². The Kier molecular flexibility index (Phi) is 5.82. The molecular weight excluding hydrogens is 437 g/mol. The number of fused-ring (bicyclic) bond motifs is 1. The summed E-state index contributed by atoms with van der Waals surface area (Å²) in [6, 6.07) is 25.5. The Morgan fingerprint density at radius 3 is 2.55 bits per heavy atom. The molecule has 0 atom stereocenters. The summed E-state index contributed by atoms with van der Waals surface area (Å²) >= 11 is 1.23. The molecule has 33 heavy (non-hydrogen) atoms. The fourth-order valence-electron chi connectivity index (χ4n) is 3.46. The van der Waals surface area contributed by atoms with Gasteiger partial charge in [-0.05, 0) is 36.4 Å². The molecule has 1 amide bonds. The van der Waals surface area contributed by atoms with E-state index in [1.165, 1.54) is 17.8 Å². The molecule has 6 nitrogen and oxygen atoms in total. The molecule has 162 valence electrons. The zero-order chi connectivity index (χ0) is 22.6. The number of carbonyl (C=O) groups excluding carboxylic acids is 1. The number of anilines is 1. The zero-order valence-electron chi connectivity index (χ0n) is 17.4. The van der Waals surface area contributed by atoms with Crippen molar-refractivity contribution in [2.24, 2.45) is 0 Å². The molecule has 0 aliphatic carbocycles. The maximum absolute atomic E-state index is 14.5.